The van der Waals surface area contributed by atoms with E-state index in [0.29, 0.717) is 168 Å². The highest BCUT2D eigenvalue weighted by atomic mass is 33.1. The molecule has 508 valence electrons. The van der Waals surface area contributed by atoms with Crippen molar-refractivity contribution in [3.63, 3.8) is 0 Å². The standard InChI is InChI=1S/C67H102N6O16S2/c1-7-64(78)44-48-43-63(4,58-50(15-21-72(46-48)47-64)49-13-10-11-14-53(49)70-58)52-41-51-54(42-55(52)80-6)71(5)60-66(51)18-22-73-20-12-17-65(8-2,59(66)73)61(76)67(60,79)56(74)45-69-62(77)89-38-40-91-90-39-19-68-57(75)16-23-82-26-27-84-30-31-86-34-35-88-37-36-87-33-32-85-29-28-83-25-24-81-9-3/h10-14,17,41-42,48,59-61,70,76,78-79H,7-9,15-16,18-40,43-47H2,1-6H3,(H,68,75)(H,69,77)/t48-,59-,60+,61+,63+,64-,65+,66+,67-/m0/s1. The summed E-state index contributed by atoms with van der Waals surface area (Å²) in [6.07, 6.45) is 6.00. The van der Waals surface area contributed by atoms with Gasteiger partial charge in [0.15, 0.2) is 11.4 Å². The second kappa shape index (κ2) is 33.5. The number of aliphatic hydroxyl groups is 3. The van der Waals surface area contributed by atoms with E-state index in [2.05, 4.69) is 81.7 Å². The Morgan fingerprint density at radius 3 is 2.02 bits per heavy atom. The number of nitrogens with one attached hydrogen (secondary N) is 3. The molecule has 1 aliphatic carbocycles. The van der Waals surface area contributed by atoms with Crippen molar-refractivity contribution < 1.29 is 77.1 Å². The molecule has 10 atom stereocenters. The SMILES string of the molecule is CCOCCOCCOCCOCCOCCOCCOCCOCCC(=O)NCCSSCCOC(=O)NCC(=O)[C@@]1(O)[C@H](O)[C@]2(CC)C=CCN3CC[C@@]4(c5cc([C@@]6(C)C[C@@H]7CN(CCc8c6[nH]c6ccccc86)C[C@](O)(CC)C7)c(OC)cc5N(C)[C@@H]14)[C@@H]32. The predicted octanol–water partition coefficient (Wildman–Crippen LogP) is 5.43. The number of aromatic nitrogens is 1. The van der Waals surface area contributed by atoms with Gasteiger partial charge in [-0.25, -0.2) is 4.79 Å². The number of likely N-dealkylation sites (N-methyl/N-ethyl adjacent to an activating group) is 1. The molecule has 2 bridgehead atoms. The van der Waals surface area contributed by atoms with Crippen LogP contribution in [0.25, 0.3) is 10.9 Å². The molecular weight excluding hydrogens is 1210 g/mol. The van der Waals surface area contributed by atoms with Crippen LogP contribution in [0.4, 0.5) is 10.5 Å². The van der Waals surface area contributed by atoms with Gasteiger partial charge in [0.05, 0.1) is 124 Å². The Morgan fingerprint density at radius 2 is 1.38 bits per heavy atom. The fraction of sp³-hybridized carbons (Fsp3) is 0.716. The van der Waals surface area contributed by atoms with Gasteiger partial charge >= 0.3 is 6.09 Å². The molecule has 1 aromatic heterocycles. The molecule has 1 spiro atoms. The van der Waals surface area contributed by atoms with E-state index in [-0.39, 0.29) is 37.5 Å². The second-order valence-corrected chi connectivity index (χ2v) is 27.9. The summed E-state index contributed by atoms with van der Waals surface area (Å²) >= 11 is 0. The lowest BCUT2D eigenvalue weighted by Gasteiger charge is -2.63. The van der Waals surface area contributed by atoms with Crippen LogP contribution in [0.2, 0.25) is 0 Å². The van der Waals surface area contributed by atoms with E-state index < -0.39 is 58.0 Å². The van der Waals surface area contributed by atoms with E-state index in [1.54, 1.807) is 7.11 Å². The number of para-hydroxylation sites is 1. The summed E-state index contributed by atoms with van der Waals surface area (Å²) in [5, 5.41) is 45.3. The zero-order valence-electron chi connectivity index (χ0n) is 54.6. The average molecular weight is 1310 g/mol. The lowest BCUT2D eigenvalue weighted by molar-refractivity contribution is -0.201. The molecule has 3 fully saturated rings. The zero-order valence-corrected chi connectivity index (χ0v) is 56.2. The number of aromatic amines is 1. The number of piperidine rings is 1. The van der Waals surface area contributed by atoms with Gasteiger partial charge in [0.2, 0.25) is 5.91 Å². The van der Waals surface area contributed by atoms with Crippen molar-refractivity contribution in [2.75, 3.05) is 189 Å². The lowest BCUT2D eigenvalue weighted by Crippen LogP contribution is -2.81. The largest absolute Gasteiger partial charge is 0.496 e. The number of Topliss-reactive ketones (excluding diaryl/α,β-unsaturated/α-hetero) is 1. The molecule has 1 unspecified atom stereocenters. The number of carbonyl (C=O) groups is 3. The third-order valence-corrected chi connectivity index (χ3v) is 22.2. The van der Waals surface area contributed by atoms with Gasteiger partial charge in [-0.15, -0.1) is 0 Å². The third-order valence-electron chi connectivity index (χ3n) is 19.8. The van der Waals surface area contributed by atoms with Gasteiger partial charge in [0.25, 0.3) is 0 Å². The van der Waals surface area contributed by atoms with E-state index in [0.717, 1.165) is 54.0 Å². The van der Waals surface area contributed by atoms with Gasteiger partial charge in [-0.2, -0.15) is 0 Å². The van der Waals surface area contributed by atoms with Gasteiger partial charge in [-0.05, 0) is 88.1 Å². The third kappa shape index (κ3) is 16.1. The Morgan fingerprint density at radius 1 is 0.747 bits per heavy atom. The number of amides is 2. The molecule has 2 saturated heterocycles. The first-order chi connectivity index (χ1) is 44.1. The molecular formula is C67H102N6O16S2. The van der Waals surface area contributed by atoms with Gasteiger partial charge in [-0.1, -0.05) is 65.8 Å². The van der Waals surface area contributed by atoms with Crippen molar-refractivity contribution in [1.82, 2.24) is 25.4 Å². The van der Waals surface area contributed by atoms with Crippen molar-refractivity contribution in [2.45, 2.75) is 113 Å². The molecule has 0 radical (unpaired) electrons. The number of benzene rings is 2. The van der Waals surface area contributed by atoms with Gasteiger partial charge in [0.1, 0.15) is 18.5 Å². The van der Waals surface area contributed by atoms with Crippen molar-refractivity contribution in [2.24, 2.45) is 11.3 Å². The van der Waals surface area contributed by atoms with Gasteiger partial charge in [0, 0.05) is 121 Å². The Labute approximate surface area is 545 Å². The first kappa shape index (κ1) is 71.2. The number of rotatable bonds is 39. The van der Waals surface area contributed by atoms with Crippen molar-refractivity contribution in [3.05, 3.63) is 70.9 Å². The minimum absolute atomic E-state index is 0.0645. The van der Waals surface area contributed by atoms with Crippen LogP contribution in [0.5, 0.6) is 5.75 Å². The highest BCUT2D eigenvalue weighted by Crippen LogP contribution is 2.67. The van der Waals surface area contributed by atoms with Gasteiger partial charge in [-0.3, -0.25) is 19.4 Å². The Hall–Kier alpha value is -4.09. The smallest absolute Gasteiger partial charge is 0.407 e. The van der Waals surface area contributed by atoms with E-state index in [1.807, 2.05) is 31.9 Å². The monoisotopic (exact) mass is 1310 g/mol. The fourth-order valence-electron chi connectivity index (χ4n) is 15.8. The summed E-state index contributed by atoms with van der Waals surface area (Å²) in [6, 6.07) is 11.7. The molecule has 9 rings (SSSR count). The topological polar surface area (TPSA) is 254 Å². The van der Waals surface area contributed by atoms with E-state index in [9.17, 15) is 24.9 Å². The normalized spacial score (nSPS) is 28.2. The molecule has 2 amide bonds. The van der Waals surface area contributed by atoms with Crippen LogP contribution in [-0.4, -0.2) is 261 Å². The average Bonchev–Trinajstić information content (AvgIpc) is 1.52. The number of anilines is 1. The lowest BCUT2D eigenvalue weighted by atomic mass is 9.47. The van der Waals surface area contributed by atoms with Crippen LogP contribution in [0, 0.1) is 11.3 Å². The molecule has 6 heterocycles. The predicted molar refractivity (Wildman–Crippen MR) is 352 cm³/mol. The van der Waals surface area contributed by atoms with Crippen LogP contribution < -0.4 is 20.3 Å². The number of ether oxygens (including phenoxy) is 10. The zero-order chi connectivity index (χ0) is 64.5. The van der Waals surface area contributed by atoms with Crippen molar-refractivity contribution in [3.8, 4) is 5.75 Å². The molecule has 5 aliphatic heterocycles. The maximum atomic E-state index is 15.2. The molecule has 6 aliphatic rings. The summed E-state index contributed by atoms with van der Waals surface area (Å²) in [5.41, 5.74) is 0.682. The summed E-state index contributed by atoms with van der Waals surface area (Å²) in [5.74, 6) is 1.14. The number of H-pyrrole nitrogens is 1. The summed E-state index contributed by atoms with van der Waals surface area (Å²) in [7, 11) is 6.64. The first-order valence-corrected chi connectivity index (χ1v) is 35.5. The summed E-state index contributed by atoms with van der Waals surface area (Å²) in [4.78, 5) is 51.7. The number of carbonyl (C=O) groups excluding carboxylic acids is 3. The Balaban J connectivity index is 0.711. The van der Waals surface area contributed by atoms with Crippen LogP contribution in [0.15, 0.2) is 48.6 Å². The Bertz CT molecular complexity index is 2870. The Kier molecular flexibility index (Phi) is 26.2. The van der Waals surface area contributed by atoms with Crippen molar-refractivity contribution in [1.29, 1.82) is 0 Å². The minimum Gasteiger partial charge on any atom is -0.496 e. The van der Waals surface area contributed by atoms with Crippen LogP contribution in [0.1, 0.15) is 88.6 Å². The van der Waals surface area contributed by atoms with Crippen LogP contribution in [0.3, 0.4) is 0 Å². The second-order valence-electron chi connectivity index (χ2n) is 25.2. The van der Waals surface area contributed by atoms with Crippen LogP contribution in [-0.2, 0) is 69.5 Å². The minimum atomic E-state index is -2.34. The number of nitrogens with zero attached hydrogens (tertiary/aromatic N) is 3. The highest BCUT2D eigenvalue weighted by Gasteiger charge is 2.78. The highest BCUT2D eigenvalue weighted by molar-refractivity contribution is 8.76. The fourth-order valence-corrected chi connectivity index (χ4v) is 17.5. The molecule has 91 heavy (non-hydrogen) atoms. The molecule has 1 saturated carbocycles. The maximum Gasteiger partial charge on any atom is 0.407 e. The van der Waals surface area contributed by atoms with Crippen molar-refractivity contribution >= 4 is 56.0 Å². The molecule has 22 nitrogen and oxygen atoms in total. The maximum absolute atomic E-state index is 15.2. The molecule has 24 heteroatoms. The number of hydrogen-bond acceptors (Lipinski definition) is 21. The van der Waals surface area contributed by atoms with Gasteiger partial charge < -0.3 is 83.2 Å². The molecule has 6 N–H and O–H groups in total. The number of ketones is 1. The van der Waals surface area contributed by atoms with Crippen LogP contribution >= 0.6 is 21.6 Å². The quantitative estimate of drug-likeness (QED) is 0.0237. The van der Waals surface area contributed by atoms with E-state index in [1.165, 1.54) is 32.5 Å². The summed E-state index contributed by atoms with van der Waals surface area (Å²) in [6.45, 7) is 19.7. The summed E-state index contributed by atoms with van der Waals surface area (Å²) < 4.78 is 55.7. The van der Waals surface area contributed by atoms with E-state index in [4.69, 9.17) is 47.4 Å². The molecule has 2 aromatic carbocycles. The van der Waals surface area contributed by atoms with E-state index >= 15 is 4.79 Å². The number of hydrogen-bond donors (Lipinski definition) is 6. The number of aliphatic hydroxyl groups excluding tert-OH is 1. The number of methoxy groups -OCH3 is 1. The number of fused-ring (bicyclic) bond motifs is 6. The number of alkyl carbamates (subject to hydrolysis) is 1. The molecule has 3 aromatic rings. The first-order valence-electron chi connectivity index (χ1n) is 33.0.